The Morgan fingerprint density at radius 1 is 1.88 bits per heavy atom. The number of amides is 1. The first-order chi connectivity index (χ1) is 3.81. The van der Waals surface area contributed by atoms with Crippen molar-refractivity contribution in [2.24, 2.45) is 0 Å². The molecule has 0 aliphatic heterocycles. The molecule has 0 aromatic carbocycles. The average Bonchev–Trinajstić information content (AvgIpc) is 1.68. The smallest absolute Gasteiger partial charge is 0.225 e. The second kappa shape index (κ2) is 4.30. The molecule has 1 radical (unpaired) electrons. The van der Waals surface area contributed by atoms with Crippen molar-refractivity contribution in [3.8, 4) is 0 Å². The number of carbonyl (C=O) groups excluding carboxylic acids is 1. The highest BCUT2D eigenvalue weighted by Crippen LogP contribution is 1.82. The molecular weight excluding hydrogens is 104 g/mol. The van der Waals surface area contributed by atoms with Gasteiger partial charge in [-0.15, -0.1) is 0 Å². The van der Waals surface area contributed by atoms with E-state index < -0.39 is 0 Å². The van der Waals surface area contributed by atoms with Crippen LogP contribution in [-0.4, -0.2) is 12.2 Å². The van der Waals surface area contributed by atoms with Gasteiger partial charge < -0.3 is 5.32 Å². The molecule has 2 N–H and O–H groups in total. The average molecular weight is 113 g/mol. The van der Waals surface area contributed by atoms with Gasteiger partial charge in [-0.2, -0.15) is 0 Å². The fourth-order valence-corrected chi connectivity index (χ4v) is 0.359. The minimum atomic E-state index is -0.137. The summed E-state index contributed by atoms with van der Waals surface area (Å²) >= 11 is 0. The van der Waals surface area contributed by atoms with E-state index in [1.165, 1.54) is 0 Å². The summed E-state index contributed by atoms with van der Waals surface area (Å²) in [5.74, 6) is -0.137. The fourth-order valence-electron chi connectivity index (χ4n) is 0.359. The van der Waals surface area contributed by atoms with Crippen molar-refractivity contribution < 1.29 is 4.79 Å². The highest BCUT2D eigenvalue weighted by molar-refractivity contribution is 5.86. The van der Waals surface area contributed by atoms with Crippen LogP contribution in [0.25, 0.3) is 0 Å². The van der Waals surface area contributed by atoms with Crippen molar-refractivity contribution in [2.75, 3.05) is 0 Å². The normalized spacial score (nSPS) is 8.12. The Balaban J connectivity index is 3.18. The lowest BCUT2D eigenvalue weighted by Gasteiger charge is -1.90. The Morgan fingerprint density at radius 2 is 2.50 bits per heavy atom. The van der Waals surface area contributed by atoms with Gasteiger partial charge in [-0.1, -0.05) is 6.92 Å². The zero-order chi connectivity index (χ0) is 6.41. The highest BCUT2D eigenvalue weighted by Gasteiger charge is 1.92. The predicted octanol–water partition coefficient (Wildman–Crippen LogP) is 0.387. The van der Waals surface area contributed by atoms with Gasteiger partial charge in [-0.3, -0.25) is 10.2 Å². The van der Waals surface area contributed by atoms with E-state index in [0.717, 1.165) is 6.42 Å². The molecule has 0 heterocycles. The molecular formula is C5H9N2O. The number of nitrogens with one attached hydrogen (secondary N) is 2. The third-order valence-electron chi connectivity index (χ3n) is 0.679. The van der Waals surface area contributed by atoms with Crippen LogP contribution in [0.3, 0.4) is 0 Å². The number of rotatable bonds is 3. The Hall–Kier alpha value is -0.860. The van der Waals surface area contributed by atoms with E-state index in [9.17, 15) is 4.79 Å². The minimum Gasteiger partial charge on any atom is -0.308 e. The van der Waals surface area contributed by atoms with Gasteiger partial charge in [0.2, 0.25) is 5.91 Å². The molecule has 3 heteroatoms. The lowest BCUT2D eigenvalue weighted by Crippen LogP contribution is -2.19. The second-order valence-electron chi connectivity index (χ2n) is 1.42. The molecule has 0 aromatic rings. The van der Waals surface area contributed by atoms with Crippen LogP contribution in [-0.2, 0) is 4.79 Å². The van der Waals surface area contributed by atoms with Gasteiger partial charge in [0, 0.05) is 6.42 Å². The van der Waals surface area contributed by atoms with Gasteiger partial charge in [0.1, 0.15) is 0 Å². The molecule has 3 nitrogen and oxygen atoms in total. The Morgan fingerprint density at radius 3 is 2.88 bits per heavy atom. The Labute approximate surface area is 48.6 Å². The topological polar surface area (TPSA) is 53.0 Å². The van der Waals surface area contributed by atoms with Crippen LogP contribution in [0.4, 0.5) is 0 Å². The van der Waals surface area contributed by atoms with Crippen molar-refractivity contribution in [1.82, 2.24) is 5.32 Å². The first kappa shape index (κ1) is 7.14. The monoisotopic (exact) mass is 113 g/mol. The van der Waals surface area contributed by atoms with Crippen molar-refractivity contribution in [2.45, 2.75) is 19.8 Å². The van der Waals surface area contributed by atoms with Crippen molar-refractivity contribution in [3.63, 3.8) is 0 Å². The first-order valence-corrected chi connectivity index (χ1v) is 2.51. The molecule has 45 valence electrons. The van der Waals surface area contributed by atoms with E-state index in [0.29, 0.717) is 6.42 Å². The maximum absolute atomic E-state index is 10.3. The minimum absolute atomic E-state index is 0.137. The molecule has 0 unspecified atom stereocenters. The van der Waals surface area contributed by atoms with Gasteiger partial charge in [-0.05, 0) is 6.42 Å². The van der Waals surface area contributed by atoms with Gasteiger partial charge >= 0.3 is 0 Å². The Kier molecular flexibility index (Phi) is 3.84. The lowest BCUT2D eigenvalue weighted by molar-refractivity contribution is -0.119. The van der Waals surface area contributed by atoms with E-state index in [4.69, 9.17) is 5.41 Å². The second-order valence-corrected chi connectivity index (χ2v) is 1.42. The van der Waals surface area contributed by atoms with Gasteiger partial charge in [0.25, 0.3) is 0 Å². The molecule has 0 atom stereocenters. The summed E-state index contributed by atoms with van der Waals surface area (Å²) in [5.41, 5.74) is 0. The van der Waals surface area contributed by atoms with Crippen molar-refractivity contribution in [1.29, 1.82) is 5.41 Å². The quantitative estimate of drug-likeness (QED) is 0.310. The number of hydrogen-bond acceptors (Lipinski definition) is 2. The van der Waals surface area contributed by atoms with Crippen LogP contribution in [0, 0.1) is 5.41 Å². The highest BCUT2D eigenvalue weighted by atomic mass is 16.1. The van der Waals surface area contributed by atoms with E-state index in [-0.39, 0.29) is 5.91 Å². The van der Waals surface area contributed by atoms with Gasteiger partial charge in [0.15, 0.2) is 6.34 Å². The Bertz CT molecular complexity index is 90.4. The van der Waals surface area contributed by atoms with Crippen LogP contribution in [0.15, 0.2) is 0 Å². The summed E-state index contributed by atoms with van der Waals surface area (Å²) in [7, 11) is 0. The van der Waals surface area contributed by atoms with E-state index in [1.54, 1.807) is 6.34 Å². The van der Waals surface area contributed by atoms with Gasteiger partial charge in [-0.25, -0.2) is 0 Å². The molecule has 0 fully saturated rings. The summed E-state index contributed by atoms with van der Waals surface area (Å²) < 4.78 is 0. The summed E-state index contributed by atoms with van der Waals surface area (Å²) in [4.78, 5) is 10.3. The zero-order valence-electron chi connectivity index (χ0n) is 4.82. The van der Waals surface area contributed by atoms with Crippen LogP contribution in [0.5, 0.6) is 0 Å². The van der Waals surface area contributed by atoms with Crippen LogP contribution in [0.1, 0.15) is 19.8 Å². The zero-order valence-corrected chi connectivity index (χ0v) is 4.82. The van der Waals surface area contributed by atoms with E-state index in [1.807, 2.05) is 6.92 Å². The molecule has 0 aromatic heterocycles. The molecule has 0 saturated heterocycles. The largest absolute Gasteiger partial charge is 0.308 e. The first-order valence-electron chi connectivity index (χ1n) is 2.51. The predicted molar refractivity (Wildman–Crippen MR) is 30.8 cm³/mol. The molecule has 1 amide bonds. The molecule has 0 rings (SSSR count). The van der Waals surface area contributed by atoms with Crippen molar-refractivity contribution >= 4 is 12.2 Å². The van der Waals surface area contributed by atoms with Crippen LogP contribution >= 0.6 is 0 Å². The summed E-state index contributed by atoms with van der Waals surface area (Å²) in [5, 5.41) is 8.45. The molecule has 0 bridgehead atoms. The standard InChI is InChI=1S/C5H9N2O/c1-2-3-5(8)7-4-6/h2-3H2,1H3,(H2,6,7,8). The maximum atomic E-state index is 10.3. The molecule has 0 aliphatic rings. The summed E-state index contributed by atoms with van der Waals surface area (Å²) in [6.45, 7) is 1.91. The summed E-state index contributed by atoms with van der Waals surface area (Å²) in [6.07, 6.45) is 3.09. The molecule has 0 saturated carbocycles. The number of hydrogen-bond donors (Lipinski definition) is 2. The molecule has 8 heavy (non-hydrogen) atoms. The third-order valence-corrected chi connectivity index (χ3v) is 0.679. The molecule has 0 aliphatic carbocycles. The van der Waals surface area contributed by atoms with Crippen LogP contribution in [0.2, 0.25) is 0 Å². The van der Waals surface area contributed by atoms with E-state index in [2.05, 4.69) is 5.32 Å². The van der Waals surface area contributed by atoms with E-state index >= 15 is 0 Å². The van der Waals surface area contributed by atoms with Gasteiger partial charge in [0.05, 0.1) is 0 Å². The number of carbonyl (C=O) groups is 1. The lowest BCUT2D eigenvalue weighted by atomic mass is 10.3. The van der Waals surface area contributed by atoms with Crippen LogP contribution < -0.4 is 5.32 Å². The third kappa shape index (κ3) is 3.33. The SMILES string of the molecule is CCCC(=O)N[C]=N. The summed E-state index contributed by atoms with van der Waals surface area (Å²) in [6, 6.07) is 0. The van der Waals surface area contributed by atoms with Crippen molar-refractivity contribution in [3.05, 3.63) is 0 Å². The maximum Gasteiger partial charge on any atom is 0.225 e. The molecule has 0 spiro atoms. The fraction of sp³-hybridized carbons (Fsp3) is 0.600.